The van der Waals surface area contributed by atoms with Crippen LogP contribution in [0.2, 0.25) is 0 Å². The quantitative estimate of drug-likeness (QED) is 0.107. The van der Waals surface area contributed by atoms with Gasteiger partial charge in [-0.2, -0.15) is 12.1 Å². The molecule has 0 saturated heterocycles. The summed E-state index contributed by atoms with van der Waals surface area (Å²) >= 11 is 0. The number of imidazole rings is 1. The molecule has 0 aliphatic heterocycles. The van der Waals surface area contributed by atoms with Gasteiger partial charge in [0, 0.05) is 49.7 Å². The molecule has 0 atom stereocenters. The zero-order chi connectivity index (χ0) is 54.4. The fourth-order valence-corrected chi connectivity index (χ4v) is 10.6. The van der Waals surface area contributed by atoms with Gasteiger partial charge in [-0.05, 0) is 107 Å². The number of hydrogen-bond donors (Lipinski definition) is 0. The van der Waals surface area contributed by atoms with Crippen LogP contribution in [0.1, 0.15) is 182 Å². The van der Waals surface area contributed by atoms with E-state index < -0.39 is 5.41 Å². The van der Waals surface area contributed by atoms with Crippen LogP contribution >= 0.6 is 0 Å². The van der Waals surface area contributed by atoms with E-state index in [2.05, 4.69) is 297 Å². The third-order valence-electron chi connectivity index (χ3n) is 15.4. The van der Waals surface area contributed by atoms with E-state index in [4.69, 9.17) is 9.72 Å². The van der Waals surface area contributed by atoms with Gasteiger partial charge in [0.15, 0.2) is 0 Å². The number of ether oxygens (including phenoxy) is 1. The van der Waals surface area contributed by atoms with Crippen molar-refractivity contribution < 1.29 is 30.4 Å². The zero-order valence-electron chi connectivity index (χ0n) is 48.8. The summed E-state index contributed by atoms with van der Waals surface area (Å²) in [4.78, 5) is 5.00. The van der Waals surface area contributed by atoms with E-state index in [-0.39, 0.29) is 53.6 Å². The minimum Gasteiger partial charge on any atom is -0.510 e. The molecule has 0 fully saturated rings. The van der Waals surface area contributed by atoms with Crippen molar-refractivity contribution in [3.63, 3.8) is 0 Å². The maximum Gasteiger partial charge on any atom is 0.267 e. The van der Waals surface area contributed by atoms with E-state index in [0.29, 0.717) is 11.5 Å². The van der Waals surface area contributed by atoms with E-state index >= 15 is 0 Å². The number of fused-ring (bicyclic) bond motifs is 3. The van der Waals surface area contributed by atoms with Crippen molar-refractivity contribution in [1.82, 2.24) is 14.1 Å². The summed E-state index contributed by atoms with van der Waals surface area (Å²) in [5.41, 5.74) is 13.4. The van der Waals surface area contributed by atoms with Crippen molar-refractivity contribution in [2.75, 3.05) is 0 Å². The van der Waals surface area contributed by atoms with Crippen LogP contribution in [-0.2, 0) is 59.0 Å². The summed E-state index contributed by atoms with van der Waals surface area (Å²) in [5, 5.41) is 2.25. The number of nitrogens with zero attached hydrogens (tertiary/aromatic N) is 4. The molecule has 0 spiro atoms. The number of pyridine rings is 1. The fraction of sp³-hybridized carbons (Fsp3) is 0.371. The molecular formula is C70H80N4OPt-2. The Kier molecular flexibility index (Phi) is 14.6. The number of hydrogen-bond acceptors (Lipinski definition) is 2. The smallest absolute Gasteiger partial charge is 0.267 e. The van der Waals surface area contributed by atoms with Gasteiger partial charge in [-0.1, -0.05) is 216 Å². The topological polar surface area (TPSA) is 35.9 Å². The number of benzene rings is 6. The zero-order valence-corrected chi connectivity index (χ0v) is 51.1. The molecule has 0 amide bonds. The molecule has 0 N–H and O–H groups in total. The van der Waals surface area contributed by atoms with Crippen LogP contribution in [0.3, 0.4) is 0 Å². The molecule has 9 aromatic rings. The van der Waals surface area contributed by atoms with E-state index in [1.807, 2.05) is 6.20 Å². The van der Waals surface area contributed by atoms with Gasteiger partial charge in [-0.25, -0.2) is 4.98 Å². The Bertz CT molecular complexity index is 3570. The second-order valence-corrected chi connectivity index (χ2v) is 27.2. The first-order chi connectivity index (χ1) is 34.8. The third-order valence-corrected chi connectivity index (χ3v) is 15.4. The van der Waals surface area contributed by atoms with Crippen LogP contribution in [0.5, 0.6) is 11.5 Å². The number of aromatic nitrogens is 4. The van der Waals surface area contributed by atoms with Crippen molar-refractivity contribution in [2.45, 2.75) is 169 Å². The molecule has 6 aromatic carbocycles. The van der Waals surface area contributed by atoms with Crippen LogP contribution in [0.25, 0.3) is 39.0 Å². The summed E-state index contributed by atoms with van der Waals surface area (Å²) in [6.45, 7) is 43.7. The average Bonchev–Trinajstić information content (AvgIpc) is 3.94. The molecule has 3 heterocycles. The molecule has 0 saturated carbocycles. The van der Waals surface area contributed by atoms with Gasteiger partial charge in [0.1, 0.15) is 5.82 Å². The summed E-state index contributed by atoms with van der Waals surface area (Å²) < 4.78 is 14.0. The van der Waals surface area contributed by atoms with Crippen molar-refractivity contribution in [3.8, 4) is 28.7 Å². The molecule has 0 aliphatic carbocycles. The Morgan fingerprint density at radius 3 is 1.55 bits per heavy atom. The molecule has 9 rings (SSSR count). The Labute approximate surface area is 470 Å². The second-order valence-electron chi connectivity index (χ2n) is 27.2. The first kappa shape index (κ1) is 56.2. The average molecular weight is 1190 g/mol. The molecule has 0 aliphatic rings. The first-order valence-electron chi connectivity index (χ1n) is 27.0. The standard InChI is InChI=1S/C70H80N4O.Pt/c1-64(2,3)48-30-33-59-58(41-48)57-32-31-55(44-60(57)74(59)61-42-49(34-35-71-61)65(4,5)6)75-56-40-52(70(18,19)47-28-24-21-25-29-47)39-54(43-56)73-45-72(62(67(10,11)12)63(73)68(13,14)15)53-37-50(66(7,8)9)36-51(38-53)69(16,17)46-26-22-20-23-27-46;/h20-42H,1-19H3;/q-2;. The van der Waals surface area contributed by atoms with Crippen LogP contribution in [0, 0.1) is 18.5 Å². The minimum atomic E-state index is -0.408. The van der Waals surface area contributed by atoms with Crippen molar-refractivity contribution in [3.05, 3.63) is 208 Å². The summed E-state index contributed by atoms with van der Waals surface area (Å²) in [5.74, 6) is 2.04. The van der Waals surface area contributed by atoms with Gasteiger partial charge in [-0.3, -0.25) is 4.57 Å². The van der Waals surface area contributed by atoms with E-state index in [1.165, 1.54) is 39.1 Å². The van der Waals surface area contributed by atoms with Gasteiger partial charge >= 0.3 is 0 Å². The summed E-state index contributed by atoms with van der Waals surface area (Å²) in [7, 11) is 0. The van der Waals surface area contributed by atoms with E-state index in [0.717, 1.165) is 50.3 Å². The predicted octanol–water partition coefficient (Wildman–Crippen LogP) is 17.6. The van der Waals surface area contributed by atoms with Gasteiger partial charge in [0.05, 0.1) is 17.1 Å². The minimum absolute atomic E-state index is 0. The largest absolute Gasteiger partial charge is 0.510 e. The van der Waals surface area contributed by atoms with Gasteiger partial charge in [-0.15, -0.1) is 35.2 Å². The van der Waals surface area contributed by atoms with Crippen molar-refractivity contribution >= 4 is 21.8 Å². The van der Waals surface area contributed by atoms with Crippen molar-refractivity contribution in [2.24, 2.45) is 0 Å². The molecule has 398 valence electrons. The van der Waals surface area contributed by atoms with Gasteiger partial charge in [0.2, 0.25) is 0 Å². The monoisotopic (exact) mass is 1190 g/mol. The molecular weight excluding hydrogens is 1110 g/mol. The SMILES string of the molecule is CC(C)(C)c1cc(-[n+]2[c-]n(-c3[c-]c(Oc4[c-]c5c(cc4)c4cc(C(C)(C)C)ccc4n5-c4cc(C(C)(C)C)ccn4)cc(C(C)(C)c4ccccc4)c3)c(C(C)(C)C)c2C(C)(C)C)cc(C(C)(C)c2ccccc2)c1.[Pt]. The van der Waals surface area contributed by atoms with E-state index in [1.54, 1.807) is 0 Å². The van der Waals surface area contributed by atoms with Crippen LogP contribution in [0.4, 0.5) is 0 Å². The van der Waals surface area contributed by atoms with Crippen LogP contribution < -0.4 is 9.30 Å². The molecule has 0 radical (unpaired) electrons. The van der Waals surface area contributed by atoms with Crippen LogP contribution in [-0.4, -0.2) is 14.1 Å². The first-order valence-corrected chi connectivity index (χ1v) is 27.0. The van der Waals surface area contributed by atoms with Gasteiger partial charge < -0.3 is 13.9 Å². The normalized spacial score (nSPS) is 13.1. The predicted molar refractivity (Wildman–Crippen MR) is 313 cm³/mol. The molecule has 6 heteroatoms. The van der Waals surface area contributed by atoms with Crippen LogP contribution in [0.15, 0.2) is 140 Å². The maximum absolute atomic E-state index is 7.15. The fourth-order valence-electron chi connectivity index (χ4n) is 10.6. The third kappa shape index (κ3) is 10.8. The summed E-state index contributed by atoms with van der Waals surface area (Å²) in [6, 6.07) is 56.4. The Morgan fingerprint density at radius 1 is 0.447 bits per heavy atom. The Morgan fingerprint density at radius 2 is 1.00 bits per heavy atom. The van der Waals surface area contributed by atoms with E-state index in [9.17, 15) is 0 Å². The van der Waals surface area contributed by atoms with Crippen molar-refractivity contribution in [1.29, 1.82) is 0 Å². The second kappa shape index (κ2) is 19.8. The molecule has 3 aromatic heterocycles. The Hall–Kier alpha value is -6.03. The maximum atomic E-state index is 7.15. The molecule has 0 bridgehead atoms. The molecule has 5 nitrogen and oxygen atoms in total. The van der Waals surface area contributed by atoms with Gasteiger partial charge in [0.25, 0.3) is 6.33 Å². The number of rotatable bonds is 9. The molecule has 76 heavy (non-hydrogen) atoms. The summed E-state index contributed by atoms with van der Waals surface area (Å²) in [6.07, 6.45) is 5.95. The molecule has 0 unspecified atom stereocenters. The Balaban J connectivity index is 0.00000765.